The van der Waals surface area contributed by atoms with E-state index in [2.05, 4.69) is 44.0 Å². The van der Waals surface area contributed by atoms with Gasteiger partial charge in [0.25, 0.3) is 0 Å². The number of hydrogen-bond donors (Lipinski definition) is 2. The fourth-order valence-corrected chi connectivity index (χ4v) is 6.38. The number of benzene rings is 2. The van der Waals surface area contributed by atoms with Crippen molar-refractivity contribution in [2.24, 2.45) is 0 Å². The van der Waals surface area contributed by atoms with Gasteiger partial charge in [0, 0.05) is 44.7 Å². The van der Waals surface area contributed by atoms with Crippen molar-refractivity contribution < 1.29 is 23.9 Å². The summed E-state index contributed by atoms with van der Waals surface area (Å²) in [6, 6.07) is 13.0. The number of rotatable bonds is 10. The highest BCUT2D eigenvalue weighted by atomic mass is 16.7. The van der Waals surface area contributed by atoms with Gasteiger partial charge in [-0.15, -0.1) is 0 Å². The number of carbonyl (C=O) groups excluding carboxylic acids is 2. The van der Waals surface area contributed by atoms with Crippen molar-refractivity contribution in [3.05, 3.63) is 72.6 Å². The van der Waals surface area contributed by atoms with Gasteiger partial charge in [-0.1, -0.05) is 25.1 Å². The Kier molecular flexibility index (Phi) is 10.2. The van der Waals surface area contributed by atoms with Crippen LogP contribution in [0.1, 0.15) is 60.5 Å². The van der Waals surface area contributed by atoms with Crippen molar-refractivity contribution in [2.45, 2.75) is 50.7 Å². The zero-order valence-corrected chi connectivity index (χ0v) is 27.1. The van der Waals surface area contributed by atoms with Crippen LogP contribution in [-0.2, 0) is 14.4 Å². The second kappa shape index (κ2) is 14.8. The van der Waals surface area contributed by atoms with Crippen molar-refractivity contribution in [3.63, 3.8) is 0 Å². The molecule has 47 heavy (non-hydrogen) atoms. The van der Waals surface area contributed by atoms with E-state index < -0.39 is 0 Å². The Morgan fingerprint density at radius 1 is 1.00 bits per heavy atom. The number of likely N-dealkylation sites (N-methyl/N-ethyl adjacent to an activating group) is 1. The highest BCUT2D eigenvalue weighted by Crippen LogP contribution is 2.40. The van der Waals surface area contributed by atoms with E-state index in [1.165, 1.54) is 18.8 Å². The van der Waals surface area contributed by atoms with Gasteiger partial charge in [0.2, 0.25) is 5.91 Å². The Morgan fingerprint density at radius 2 is 1.81 bits per heavy atom. The lowest BCUT2D eigenvalue weighted by Crippen LogP contribution is -2.44. The molecule has 1 atom stereocenters. The van der Waals surface area contributed by atoms with Gasteiger partial charge in [-0.3, -0.25) is 9.63 Å². The molecule has 2 saturated heterocycles. The molecule has 0 spiro atoms. The highest BCUT2D eigenvalue weighted by Gasteiger charge is 2.30. The van der Waals surface area contributed by atoms with Crippen molar-refractivity contribution in [3.8, 4) is 5.75 Å². The predicted molar refractivity (Wildman–Crippen MR) is 181 cm³/mol. The van der Waals surface area contributed by atoms with E-state index in [4.69, 9.17) is 14.3 Å². The summed E-state index contributed by atoms with van der Waals surface area (Å²) in [6.45, 7) is 7.58. The van der Waals surface area contributed by atoms with Gasteiger partial charge in [-0.2, -0.15) is 0 Å². The first-order valence-electron chi connectivity index (χ1n) is 16.3. The summed E-state index contributed by atoms with van der Waals surface area (Å²) in [7, 11) is 3.71. The van der Waals surface area contributed by atoms with E-state index in [0.29, 0.717) is 40.9 Å². The summed E-state index contributed by atoms with van der Waals surface area (Å²) < 4.78 is 11.6. The number of anilines is 5. The van der Waals surface area contributed by atoms with E-state index in [9.17, 15) is 9.59 Å². The number of piperazine rings is 1. The fraction of sp³-hybridized carbons (Fsp3) is 0.429. The second-order valence-corrected chi connectivity index (χ2v) is 12.2. The number of hydroxylamine groups is 1. The fourth-order valence-electron chi connectivity index (χ4n) is 6.38. The maximum absolute atomic E-state index is 13.0. The molecule has 3 aromatic rings. The molecule has 1 aliphatic carbocycles. The van der Waals surface area contributed by atoms with Gasteiger partial charge in [0.1, 0.15) is 24.0 Å². The lowest BCUT2D eigenvalue weighted by atomic mass is 9.97. The lowest BCUT2D eigenvalue weighted by molar-refractivity contribution is -0.111. The topological polar surface area (TPSA) is 121 Å². The van der Waals surface area contributed by atoms with E-state index in [1.807, 2.05) is 30.3 Å². The minimum atomic E-state index is -0.302. The molecule has 2 aliphatic heterocycles. The van der Waals surface area contributed by atoms with Gasteiger partial charge in [-0.25, -0.2) is 19.8 Å². The zero-order chi connectivity index (χ0) is 32.8. The third-order valence-electron chi connectivity index (χ3n) is 8.98. The van der Waals surface area contributed by atoms with Crippen LogP contribution in [0.4, 0.5) is 28.7 Å². The molecule has 12 nitrogen and oxygen atoms in total. The number of methoxy groups -OCH3 is 1. The van der Waals surface area contributed by atoms with Crippen LogP contribution in [0.5, 0.6) is 5.75 Å². The minimum absolute atomic E-state index is 0.00546. The van der Waals surface area contributed by atoms with E-state index in [-0.39, 0.29) is 24.0 Å². The molecule has 3 aliphatic rings. The van der Waals surface area contributed by atoms with Crippen molar-refractivity contribution in [1.29, 1.82) is 0 Å². The summed E-state index contributed by atoms with van der Waals surface area (Å²) in [5, 5.41) is 8.08. The van der Waals surface area contributed by atoms with E-state index in [1.54, 1.807) is 24.3 Å². The normalized spacial score (nSPS) is 18.9. The first kappa shape index (κ1) is 32.3. The van der Waals surface area contributed by atoms with Crippen molar-refractivity contribution in [1.82, 2.24) is 14.9 Å². The van der Waals surface area contributed by atoms with Gasteiger partial charge >= 0.3 is 5.97 Å². The quantitative estimate of drug-likeness (QED) is 0.216. The number of nitrogens with one attached hydrogen (secondary N) is 2. The number of carbonyl (C=O) groups is 2. The zero-order valence-electron chi connectivity index (χ0n) is 27.1. The average molecular weight is 642 g/mol. The summed E-state index contributed by atoms with van der Waals surface area (Å²) in [4.78, 5) is 44.9. The molecular formula is C35H43N7O5. The number of ether oxygens (including phenoxy) is 2. The SMILES string of the molecule is C=CC(=O)Nc1cc(Nc2cc(N3OCC[C@@H]3c3cccc(C(=O)OC4CCCCC4)c3)ncn2)c(OC)cc1N1CCN(C)CC1. The monoisotopic (exact) mass is 641 g/mol. The van der Waals surface area contributed by atoms with E-state index in [0.717, 1.165) is 69.5 Å². The van der Waals surface area contributed by atoms with E-state index >= 15 is 0 Å². The second-order valence-electron chi connectivity index (χ2n) is 12.2. The molecule has 12 heteroatoms. The van der Waals surface area contributed by atoms with Gasteiger partial charge in [0.05, 0.1) is 42.4 Å². The third-order valence-corrected chi connectivity index (χ3v) is 8.98. The molecule has 3 fully saturated rings. The number of hydrogen-bond acceptors (Lipinski definition) is 11. The van der Waals surface area contributed by atoms with Crippen LogP contribution < -0.4 is 25.3 Å². The maximum Gasteiger partial charge on any atom is 0.338 e. The maximum atomic E-state index is 13.0. The van der Waals surface area contributed by atoms with Crippen LogP contribution in [0.2, 0.25) is 0 Å². The standard InChI is InChI=1S/C35H43N7O5/c1-4-34(43)39-27-20-28(31(45-3)21-30(27)41-16-14-40(2)15-17-41)38-32-22-33(37-23-36-32)42-29(13-18-46-42)24-9-8-10-25(19-24)35(44)47-26-11-6-5-7-12-26/h4,8-10,19-23,26,29H,1,5-7,11-18H2,2-3H3,(H,39,43)(H,36,37,38)/t29-/m1/s1. The Morgan fingerprint density at radius 3 is 2.57 bits per heavy atom. The molecule has 1 saturated carbocycles. The average Bonchev–Trinajstić information content (AvgIpc) is 3.60. The van der Waals surface area contributed by atoms with Crippen molar-refractivity contribution in [2.75, 3.05) is 67.5 Å². The smallest absolute Gasteiger partial charge is 0.338 e. The number of aromatic nitrogens is 2. The lowest BCUT2D eigenvalue weighted by Gasteiger charge is -2.35. The Hall–Kier alpha value is -4.68. The number of esters is 1. The minimum Gasteiger partial charge on any atom is -0.494 e. The van der Waals surface area contributed by atoms with Crippen LogP contribution in [-0.4, -0.2) is 79.8 Å². The van der Waals surface area contributed by atoms with Gasteiger partial charge in [-0.05, 0) is 62.6 Å². The molecule has 1 amide bonds. The van der Waals surface area contributed by atoms with Gasteiger partial charge < -0.3 is 29.9 Å². The third kappa shape index (κ3) is 7.66. The van der Waals surface area contributed by atoms with Crippen LogP contribution in [0.15, 0.2) is 61.4 Å². The summed E-state index contributed by atoms with van der Waals surface area (Å²) >= 11 is 0. The molecular weight excluding hydrogens is 598 g/mol. The molecule has 2 N–H and O–H groups in total. The number of nitrogens with zero attached hydrogens (tertiary/aromatic N) is 5. The Bertz CT molecular complexity index is 1590. The number of amides is 1. The van der Waals surface area contributed by atoms with Crippen molar-refractivity contribution >= 4 is 40.6 Å². The molecule has 6 rings (SSSR count). The molecule has 0 bridgehead atoms. The summed E-state index contributed by atoms with van der Waals surface area (Å²) in [6.07, 6.45) is 8.70. The molecule has 1 aromatic heterocycles. The van der Waals surface area contributed by atoms with Gasteiger partial charge in [0.15, 0.2) is 5.82 Å². The van der Waals surface area contributed by atoms with Crippen LogP contribution in [0.25, 0.3) is 0 Å². The van der Waals surface area contributed by atoms with Crippen LogP contribution in [0.3, 0.4) is 0 Å². The summed E-state index contributed by atoms with van der Waals surface area (Å²) in [5.41, 5.74) is 3.62. The van der Waals surface area contributed by atoms with Crippen LogP contribution in [0, 0.1) is 0 Å². The first-order chi connectivity index (χ1) is 22.9. The molecule has 248 valence electrons. The molecule has 0 unspecified atom stereocenters. The Balaban J connectivity index is 1.22. The first-order valence-corrected chi connectivity index (χ1v) is 16.3. The predicted octanol–water partition coefficient (Wildman–Crippen LogP) is 5.48. The largest absolute Gasteiger partial charge is 0.494 e. The highest BCUT2D eigenvalue weighted by molar-refractivity contribution is 6.02. The molecule has 3 heterocycles. The molecule has 2 aromatic carbocycles. The molecule has 0 radical (unpaired) electrons. The van der Waals surface area contributed by atoms with Crippen LogP contribution >= 0.6 is 0 Å². The Labute approximate surface area is 275 Å². The summed E-state index contributed by atoms with van der Waals surface area (Å²) in [5.74, 6) is 1.09.